The number of hydrogen-bond acceptors (Lipinski definition) is 6. The summed E-state index contributed by atoms with van der Waals surface area (Å²) < 4.78 is 55.5. The van der Waals surface area contributed by atoms with Gasteiger partial charge in [0.1, 0.15) is 24.3 Å². The summed E-state index contributed by atoms with van der Waals surface area (Å²) in [5, 5.41) is 4.37. The molecule has 0 aliphatic carbocycles. The molecular weight excluding hydrogens is 482 g/mol. The summed E-state index contributed by atoms with van der Waals surface area (Å²) in [6.45, 7) is 1.79. The Bertz CT molecular complexity index is 1240. The normalized spacial score (nSPS) is 12.9. The molecule has 0 spiro atoms. The van der Waals surface area contributed by atoms with E-state index in [1.54, 1.807) is 18.9 Å². The number of alkyl halides is 3. The molecule has 3 heterocycles. The van der Waals surface area contributed by atoms with Crippen LogP contribution in [0.2, 0.25) is 0 Å². The first-order valence-electron chi connectivity index (χ1n) is 8.93. The summed E-state index contributed by atoms with van der Waals surface area (Å²) in [5.74, 6) is 0.586. The van der Waals surface area contributed by atoms with Gasteiger partial charge in [-0.05, 0) is 31.2 Å². The van der Waals surface area contributed by atoms with Gasteiger partial charge in [-0.2, -0.15) is 23.0 Å². The molecule has 7 nitrogen and oxygen atoms in total. The zero-order chi connectivity index (χ0) is 22.3. The topological polar surface area (TPSA) is 72.6 Å². The predicted molar refractivity (Wildman–Crippen MR) is 108 cm³/mol. The molecule has 0 bridgehead atoms. The molecular formula is C19H14BrF4N7. The minimum atomic E-state index is -4.58. The minimum Gasteiger partial charge on any atom is -0.349 e. The van der Waals surface area contributed by atoms with Crippen LogP contribution >= 0.6 is 15.9 Å². The number of nitrogens with zero attached hydrogens (tertiary/aromatic N) is 7. The Morgan fingerprint density at radius 1 is 1.06 bits per heavy atom. The molecule has 3 aromatic heterocycles. The van der Waals surface area contributed by atoms with Gasteiger partial charge in [-0.25, -0.2) is 24.3 Å². The highest BCUT2D eigenvalue weighted by atomic mass is 79.9. The van der Waals surface area contributed by atoms with Gasteiger partial charge in [-0.15, -0.1) is 0 Å². The van der Waals surface area contributed by atoms with Gasteiger partial charge in [-0.1, -0.05) is 15.9 Å². The monoisotopic (exact) mass is 495 g/mol. The lowest BCUT2D eigenvalue weighted by atomic mass is 10.1. The Morgan fingerprint density at radius 2 is 1.84 bits per heavy atom. The van der Waals surface area contributed by atoms with Crippen LogP contribution in [0.4, 0.5) is 23.4 Å². The molecule has 0 saturated heterocycles. The van der Waals surface area contributed by atoms with Gasteiger partial charge in [0, 0.05) is 16.9 Å². The maximum atomic E-state index is 13.5. The average molecular weight is 496 g/mol. The summed E-state index contributed by atoms with van der Waals surface area (Å²) in [6, 6.07) is 4.75. The Morgan fingerprint density at radius 3 is 2.52 bits per heavy atom. The van der Waals surface area contributed by atoms with Crippen molar-refractivity contribution in [2.75, 3.05) is 11.9 Å². The fourth-order valence-corrected chi connectivity index (χ4v) is 3.64. The van der Waals surface area contributed by atoms with Crippen molar-refractivity contribution in [3.63, 3.8) is 0 Å². The van der Waals surface area contributed by atoms with E-state index in [1.807, 2.05) is 0 Å². The van der Waals surface area contributed by atoms with Crippen LogP contribution in [0, 0.1) is 5.82 Å². The largest absolute Gasteiger partial charge is 0.418 e. The average Bonchev–Trinajstić information content (AvgIpc) is 3.21. The third kappa shape index (κ3) is 3.94. The third-order valence-corrected chi connectivity index (χ3v) is 5.24. The van der Waals surface area contributed by atoms with Gasteiger partial charge in [-0.3, -0.25) is 0 Å². The smallest absolute Gasteiger partial charge is 0.349 e. The van der Waals surface area contributed by atoms with Gasteiger partial charge < -0.3 is 4.90 Å². The zero-order valence-electron chi connectivity index (χ0n) is 16.1. The second-order valence-electron chi connectivity index (χ2n) is 6.70. The summed E-state index contributed by atoms with van der Waals surface area (Å²) in [6.07, 6.45) is -1.10. The molecule has 0 saturated carbocycles. The predicted octanol–water partition coefficient (Wildman–Crippen LogP) is 4.72. The molecule has 0 fully saturated rings. The summed E-state index contributed by atoms with van der Waals surface area (Å²) in [7, 11) is 1.68. The molecule has 4 aromatic rings. The van der Waals surface area contributed by atoms with Crippen molar-refractivity contribution in [2.24, 2.45) is 0 Å². The highest BCUT2D eigenvalue weighted by molar-refractivity contribution is 9.10. The molecule has 31 heavy (non-hydrogen) atoms. The fraction of sp³-hybridized carbons (Fsp3) is 0.211. The lowest BCUT2D eigenvalue weighted by molar-refractivity contribution is -0.136. The first kappa shape index (κ1) is 21.1. The van der Waals surface area contributed by atoms with Gasteiger partial charge in [0.2, 0.25) is 0 Å². The molecule has 160 valence electrons. The standard InChI is InChI=1S/C19H14BrF4N7/c1-10(17-28-9-29-31(17)15-4-3-12(21)7-25-15)30(2)18-13-5-11(20)6-14(19(22,23)24)16(13)26-8-27-18/h3-10H,1-2H3. The van der Waals surface area contributed by atoms with Crippen molar-refractivity contribution >= 4 is 32.7 Å². The first-order chi connectivity index (χ1) is 14.7. The molecule has 0 N–H and O–H groups in total. The van der Waals surface area contributed by atoms with E-state index in [0.717, 1.165) is 18.6 Å². The number of rotatable bonds is 4. The molecule has 1 aromatic carbocycles. The van der Waals surface area contributed by atoms with E-state index in [0.29, 0.717) is 11.6 Å². The summed E-state index contributed by atoms with van der Waals surface area (Å²) in [5.41, 5.74) is -1.07. The Balaban J connectivity index is 1.79. The van der Waals surface area contributed by atoms with E-state index in [-0.39, 0.29) is 21.2 Å². The molecule has 0 amide bonds. The van der Waals surface area contributed by atoms with Crippen LogP contribution in [0.25, 0.3) is 16.7 Å². The molecule has 1 unspecified atom stereocenters. The van der Waals surface area contributed by atoms with Gasteiger partial charge in [0.15, 0.2) is 11.6 Å². The van der Waals surface area contributed by atoms with Crippen LogP contribution in [0.3, 0.4) is 0 Å². The van der Waals surface area contributed by atoms with Crippen molar-refractivity contribution in [1.82, 2.24) is 29.7 Å². The van der Waals surface area contributed by atoms with E-state index < -0.39 is 23.6 Å². The molecule has 1 atom stereocenters. The lowest BCUT2D eigenvalue weighted by Gasteiger charge is -2.26. The fourth-order valence-electron chi connectivity index (χ4n) is 3.18. The Labute approximate surface area is 181 Å². The van der Waals surface area contributed by atoms with Gasteiger partial charge in [0.25, 0.3) is 0 Å². The molecule has 0 aliphatic rings. The van der Waals surface area contributed by atoms with Crippen molar-refractivity contribution in [1.29, 1.82) is 0 Å². The number of fused-ring (bicyclic) bond motifs is 1. The number of hydrogen-bond donors (Lipinski definition) is 0. The summed E-state index contributed by atoms with van der Waals surface area (Å²) >= 11 is 3.14. The van der Waals surface area contributed by atoms with Crippen LogP contribution < -0.4 is 4.90 Å². The highest BCUT2D eigenvalue weighted by Gasteiger charge is 2.34. The molecule has 12 heteroatoms. The number of anilines is 1. The highest BCUT2D eigenvalue weighted by Crippen LogP contribution is 2.39. The minimum absolute atomic E-state index is 0.207. The third-order valence-electron chi connectivity index (χ3n) is 4.78. The number of benzene rings is 1. The quantitative estimate of drug-likeness (QED) is 0.381. The Kier molecular flexibility index (Phi) is 5.33. The Hall–Kier alpha value is -3.15. The van der Waals surface area contributed by atoms with Crippen molar-refractivity contribution < 1.29 is 17.6 Å². The van der Waals surface area contributed by atoms with Crippen LogP contribution in [0.5, 0.6) is 0 Å². The van der Waals surface area contributed by atoms with Gasteiger partial charge >= 0.3 is 6.18 Å². The second-order valence-corrected chi connectivity index (χ2v) is 7.61. The SMILES string of the molecule is CC(c1ncnn1-c1ccc(F)cn1)N(C)c1ncnc2c(C(F)(F)F)cc(Br)cc12. The molecule has 0 aliphatic heterocycles. The van der Waals surface area contributed by atoms with E-state index in [9.17, 15) is 17.6 Å². The van der Waals surface area contributed by atoms with Crippen LogP contribution in [-0.2, 0) is 6.18 Å². The van der Waals surface area contributed by atoms with E-state index in [1.165, 1.54) is 29.2 Å². The number of aromatic nitrogens is 6. The van der Waals surface area contributed by atoms with Crippen LogP contribution in [0.1, 0.15) is 24.4 Å². The van der Waals surface area contributed by atoms with Crippen molar-refractivity contribution in [3.8, 4) is 5.82 Å². The first-order valence-corrected chi connectivity index (χ1v) is 9.72. The molecule has 4 rings (SSSR count). The maximum absolute atomic E-state index is 13.5. The van der Waals surface area contributed by atoms with Crippen LogP contribution in [-0.4, -0.2) is 36.8 Å². The van der Waals surface area contributed by atoms with Gasteiger partial charge in [0.05, 0.1) is 23.3 Å². The molecule has 0 radical (unpaired) electrons. The summed E-state index contributed by atoms with van der Waals surface area (Å²) in [4.78, 5) is 18.0. The number of pyridine rings is 1. The zero-order valence-corrected chi connectivity index (χ0v) is 17.7. The second kappa shape index (κ2) is 7.84. The van der Waals surface area contributed by atoms with E-state index in [2.05, 4.69) is 41.0 Å². The van der Waals surface area contributed by atoms with E-state index >= 15 is 0 Å². The van der Waals surface area contributed by atoms with Crippen LogP contribution in [0.15, 0.2) is 47.6 Å². The maximum Gasteiger partial charge on any atom is 0.418 e. The van der Waals surface area contributed by atoms with E-state index in [4.69, 9.17) is 0 Å². The van der Waals surface area contributed by atoms with Crippen molar-refractivity contribution in [3.05, 3.63) is 64.8 Å². The lowest BCUT2D eigenvalue weighted by Crippen LogP contribution is -2.26. The number of halogens is 5. The van der Waals surface area contributed by atoms with Crippen molar-refractivity contribution in [2.45, 2.75) is 19.1 Å².